The number of para-hydroxylation sites is 1. The maximum atomic E-state index is 12.8. The summed E-state index contributed by atoms with van der Waals surface area (Å²) in [5.41, 5.74) is 2.18. The number of hydrogen-bond donors (Lipinski definition) is 0. The Hall–Kier alpha value is -2.34. The fourth-order valence-electron chi connectivity index (χ4n) is 3.52. The van der Waals surface area contributed by atoms with E-state index in [9.17, 15) is 4.79 Å². The van der Waals surface area contributed by atoms with Crippen LogP contribution in [0.3, 0.4) is 0 Å². The lowest BCUT2D eigenvalue weighted by atomic mass is 10.1. The van der Waals surface area contributed by atoms with Crippen LogP contribution < -0.4 is 14.2 Å². The van der Waals surface area contributed by atoms with Gasteiger partial charge in [-0.15, -0.1) is 0 Å². The Morgan fingerprint density at radius 2 is 2.04 bits per heavy atom. The number of carbonyl (C=O) groups is 1. The van der Waals surface area contributed by atoms with Crippen LogP contribution in [0.15, 0.2) is 42.5 Å². The van der Waals surface area contributed by atoms with Gasteiger partial charge in [0.25, 0.3) is 0 Å². The van der Waals surface area contributed by atoms with E-state index in [1.165, 1.54) is 5.56 Å². The summed E-state index contributed by atoms with van der Waals surface area (Å²) >= 11 is 1.90. The van der Waals surface area contributed by atoms with E-state index >= 15 is 0 Å². The largest absolute Gasteiger partial charge is 0.496 e. The molecule has 0 bridgehead atoms. The zero-order valence-corrected chi connectivity index (χ0v) is 16.2. The van der Waals surface area contributed by atoms with E-state index in [1.807, 2.05) is 47.0 Å². The van der Waals surface area contributed by atoms with Gasteiger partial charge in [0.2, 0.25) is 12.7 Å². The average Bonchev–Trinajstić information content (AvgIpc) is 3.02. The first-order valence-corrected chi connectivity index (χ1v) is 10.2. The first-order valence-electron chi connectivity index (χ1n) is 9.15. The van der Waals surface area contributed by atoms with Gasteiger partial charge in [-0.25, -0.2) is 0 Å². The van der Waals surface area contributed by atoms with Gasteiger partial charge in [-0.05, 0) is 30.2 Å². The molecule has 5 nitrogen and oxygen atoms in total. The zero-order chi connectivity index (χ0) is 18.6. The molecule has 0 aromatic heterocycles. The minimum absolute atomic E-state index is 0.159. The zero-order valence-electron chi connectivity index (χ0n) is 15.3. The Labute approximate surface area is 163 Å². The van der Waals surface area contributed by atoms with Crippen molar-refractivity contribution in [3.05, 3.63) is 53.6 Å². The second-order valence-electron chi connectivity index (χ2n) is 6.63. The summed E-state index contributed by atoms with van der Waals surface area (Å²) in [7, 11) is 1.64. The Morgan fingerprint density at radius 1 is 1.19 bits per heavy atom. The first kappa shape index (κ1) is 18.0. The maximum Gasteiger partial charge on any atom is 0.231 e. The van der Waals surface area contributed by atoms with E-state index < -0.39 is 0 Å². The van der Waals surface area contributed by atoms with E-state index in [1.54, 1.807) is 7.11 Å². The Balaban J connectivity index is 1.40. The van der Waals surface area contributed by atoms with Gasteiger partial charge in [0, 0.05) is 29.7 Å². The van der Waals surface area contributed by atoms with Crippen molar-refractivity contribution >= 4 is 17.7 Å². The van der Waals surface area contributed by atoms with Gasteiger partial charge < -0.3 is 19.1 Å². The quantitative estimate of drug-likeness (QED) is 0.804. The smallest absolute Gasteiger partial charge is 0.231 e. The van der Waals surface area contributed by atoms with Crippen molar-refractivity contribution in [1.82, 2.24) is 4.90 Å². The topological polar surface area (TPSA) is 48.0 Å². The van der Waals surface area contributed by atoms with Crippen LogP contribution in [-0.2, 0) is 11.2 Å². The van der Waals surface area contributed by atoms with Crippen LogP contribution in [-0.4, -0.2) is 43.6 Å². The van der Waals surface area contributed by atoms with Gasteiger partial charge in [0.1, 0.15) is 5.75 Å². The van der Waals surface area contributed by atoms with Crippen LogP contribution in [0.25, 0.3) is 0 Å². The highest BCUT2D eigenvalue weighted by Crippen LogP contribution is 2.40. The Bertz CT molecular complexity index is 826. The second kappa shape index (κ2) is 8.13. The predicted octanol–water partition coefficient (Wildman–Crippen LogP) is 3.67. The van der Waals surface area contributed by atoms with Crippen molar-refractivity contribution in [2.24, 2.45) is 0 Å². The maximum absolute atomic E-state index is 12.8. The lowest BCUT2D eigenvalue weighted by Crippen LogP contribution is -2.34. The number of thioether (sulfide) groups is 1. The fourth-order valence-corrected chi connectivity index (χ4v) is 4.74. The number of amides is 1. The number of hydrogen-bond acceptors (Lipinski definition) is 5. The van der Waals surface area contributed by atoms with Crippen LogP contribution in [0.1, 0.15) is 22.8 Å². The molecule has 27 heavy (non-hydrogen) atoms. The summed E-state index contributed by atoms with van der Waals surface area (Å²) in [6, 6.07) is 13.9. The van der Waals surface area contributed by atoms with Crippen molar-refractivity contribution in [1.29, 1.82) is 0 Å². The molecule has 0 aliphatic carbocycles. The third-order valence-electron chi connectivity index (χ3n) is 5.00. The minimum atomic E-state index is 0.159. The third kappa shape index (κ3) is 4.00. The van der Waals surface area contributed by atoms with Crippen LogP contribution in [0, 0.1) is 0 Å². The molecule has 142 valence electrons. The van der Waals surface area contributed by atoms with Crippen LogP contribution in [0.2, 0.25) is 0 Å². The van der Waals surface area contributed by atoms with Crippen LogP contribution in [0.4, 0.5) is 0 Å². The molecule has 0 N–H and O–H groups in total. The highest BCUT2D eigenvalue weighted by atomic mass is 32.2. The standard InChI is InChI=1S/C21H23NO4S/c1-24-17-5-3-2-4-15(17)13-21(23)22-9-8-20(27-11-10-22)16-6-7-18-19(12-16)26-14-25-18/h2-7,12,20H,8-11,13-14H2,1H3. The predicted molar refractivity (Wildman–Crippen MR) is 106 cm³/mol. The van der Waals surface area contributed by atoms with Gasteiger partial charge in [0.15, 0.2) is 11.5 Å². The van der Waals surface area contributed by atoms with Gasteiger partial charge in [-0.2, -0.15) is 11.8 Å². The third-order valence-corrected chi connectivity index (χ3v) is 6.33. The first-order chi connectivity index (χ1) is 13.2. The average molecular weight is 385 g/mol. The number of ether oxygens (including phenoxy) is 3. The molecule has 2 aliphatic heterocycles. The highest BCUT2D eigenvalue weighted by molar-refractivity contribution is 7.99. The molecule has 2 heterocycles. The van der Waals surface area contributed by atoms with Crippen LogP contribution >= 0.6 is 11.8 Å². The van der Waals surface area contributed by atoms with Gasteiger partial charge in [-0.3, -0.25) is 4.79 Å². The molecule has 1 fully saturated rings. The van der Waals surface area contributed by atoms with E-state index in [0.717, 1.165) is 48.1 Å². The second-order valence-corrected chi connectivity index (χ2v) is 7.94. The molecule has 6 heteroatoms. The molecule has 2 aliphatic rings. The number of methoxy groups -OCH3 is 1. The molecule has 1 saturated heterocycles. The van der Waals surface area contributed by atoms with Crippen molar-refractivity contribution < 1.29 is 19.0 Å². The summed E-state index contributed by atoms with van der Waals surface area (Å²) in [6.45, 7) is 1.83. The van der Waals surface area contributed by atoms with E-state index in [-0.39, 0.29) is 5.91 Å². The fraction of sp³-hybridized carbons (Fsp3) is 0.381. The lowest BCUT2D eigenvalue weighted by molar-refractivity contribution is -0.130. The van der Waals surface area contributed by atoms with Gasteiger partial charge >= 0.3 is 0 Å². The summed E-state index contributed by atoms with van der Waals surface area (Å²) in [6.07, 6.45) is 1.31. The molecule has 0 radical (unpaired) electrons. The summed E-state index contributed by atoms with van der Waals surface area (Å²) in [5, 5.41) is 0.364. The molecule has 2 aromatic rings. The lowest BCUT2D eigenvalue weighted by Gasteiger charge is -2.21. The molecule has 0 spiro atoms. The van der Waals surface area contributed by atoms with E-state index in [2.05, 4.69) is 12.1 Å². The van der Waals surface area contributed by atoms with Gasteiger partial charge in [-0.1, -0.05) is 24.3 Å². The molecular weight excluding hydrogens is 362 g/mol. The number of fused-ring (bicyclic) bond motifs is 1. The normalized spacial score (nSPS) is 18.9. The van der Waals surface area contributed by atoms with Crippen molar-refractivity contribution in [3.63, 3.8) is 0 Å². The van der Waals surface area contributed by atoms with Gasteiger partial charge in [0.05, 0.1) is 13.5 Å². The molecule has 0 saturated carbocycles. The van der Waals surface area contributed by atoms with E-state index in [4.69, 9.17) is 14.2 Å². The minimum Gasteiger partial charge on any atom is -0.496 e. The molecular formula is C21H23NO4S. The van der Waals surface area contributed by atoms with Crippen molar-refractivity contribution in [3.8, 4) is 17.2 Å². The molecule has 2 aromatic carbocycles. The van der Waals surface area contributed by atoms with Crippen LogP contribution in [0.5, 0.6) is 17.2 Å². The van der Waals surface area contributed by atoms with Crippen molar-refractivity contribution in [2.45, 2.75) is 18.1 Å². The molecule has 4 rings (SSSR count). The Morgan fingerprint density at radius 3 is 2.93 bits per heavy atom. The number of nitrogens with zero attached hydrogens (tertiary/aromatic N) is 1. The molecule has 1 unspecified atom stereocenters. The summed E-state index contributed by atoms with van der Waals surface area (Å²) in [4.78, 5) is 14.8. The number of carbonyl (C=O) groups excluding carboxylic acids is 1. The summed E-state index contributed by atoms with van der Waals surface area (Å²) < 4.78 is 16.3. The van der Waals surface area contributed by atoms with Crippen molar-refractivity contribution in [2.75, 3.05) is 32.7 Å². The molecule has 1 amide bonds. The Kier molecular flexibility index (Phi) is 5.43. The monoisotopic (exact) mass is 385 g/mol. The number of rotatable bonds is 4. The summed E-state index contributed by atoms with van der Waals surface area (Å²) in [5.74, 6) is 3.49. The molecule has 1 atom stereocenters. The SMILES string of the molecule is COc1ccccc1CC(=O)N1CCSC(c2ccc3c(c2)OCO3)CC1. The van der Waals surface area contributed by atoms with E-state index in [0.29, 0.717) is 18.5 Å². The highest BCUT2D eigenvalue weighted by Gasteiger charge is 2.24. The number of benzene rings is 2.